The van der Waals surface area contributed by atoms with Gasteiger partial charge in [0.1, 0.15) is 0 Å². The number of rotatable bonds is 7. The summed E-state index contributed by atoms with van der Waals surface area (Å²) in [4.78, 5) is 7.45. The molecule has 0 aromatic carbocycles. The van der Waals surface area contributed by atoms with Gasteiger partial charge in [0.15, 0.2) is 0 Å². The van der Waals surface area contributed by atoms with E-state index < -0.39 is 0 Å². The zero-order valence-corrected chi connectivity index (χ0v) is 14.9. The number of nitrogens with one attached hydrogen (secondary N) is 1. The third-order valence-corrected chi connectivity index (χ3v) is 5.36. The van der Waals surface area contributed by atoms with E-state index in [1.165, 1.54) is 56.0 Å². The molecule has 4 heteroatoms. The Morgan fingerprint density at radius 1 is 1.43 bits per heavy atom. The van der Waals surface area contributed by atoms with Crippen LogP contribution in [0.25, 0.3) is 0 Å². The van der Waals surface area contributed by atoms with Crippen LogP contribution in [0.15, 0.2) is 5.38 Å². The van der Waals surface area contributed by atoms with E-state index in [4.69, 9.17) is 4.98 Å². The van der Waals surface area contributed by atoms with Crippen LogP contribution in [0.4, 0.5) is 0 Å². The van der Waals surface area contributed by atoms with Crippen LogP contribution < -0.4 is 5.32 Å². The molecule has 1 aliphatic rings. The van der Waals surface area contributed by atoms with Gasteiger partial charge in [-0.1, -0.05) is 34.1 Å². The first-order valence-corrected chi connectivity index (χ1v) is 9.27. The van der Waals surface area contributed by atoms with E-state index in [1.807, 2.05) is 11.3 Å². The second-order valence-corrected chi connectivity index (χ2v) is 8.13. The number of aromatic nitrogens is 1. The maximum absolute atomic E-state index is 4.86. The van der Waals surface area contributed by atoms with Crippen molar-refractivity contribution in [1.29, 1.82) is 0 Å². The fraction of sp³-hybridized carbons (Fsp3) is 0.824. The van der Waals surface area contributed by atoms with Crippen molar-refractivity contribution < 1.29 is 0 Å². The molecule has 1 saturated heterocycles. The van der Waals surface area contributed by atoms with Gasteiger partial charge in [-0.25, -0.2) is 4.98 Å². The van der Waals surface area contributed by atoms with Crippen molar-refractivity contribution >= 4 is 11.3 Å². The molecule has 1 atom stereocenters. The number of unbranched alkanes of at least 4 members (excludes halogenated alkanes) is 1. The van der Waals surface area contributed by atoms with Crippen molar-refractivity contribution in [2.75, 3.05) is 19.6 Å². The van der Waals surface area contributed by atoms with Crippen molar-refractivity contribution in [3.8, 4) is 0 Å². The Hall–Kier alpha value is -0.450. The van der Waals surface area contributed by atoms with E-state index in [0.29, 0.717) is 6.04 Å². The van der Waals surface area contributed by atoms with Gasteiger partial charge >= 0.3 is 0 Å². The topological polar surface area (TPSA) is 28.2 Å². The summed E-state index contributed by atoms with van der Waals surface area (Å²) in [6.45, 7) is 13.6. The van der Waals surface area contributed by atoms with E-state index in [-0.39, 0.29) is 5.41 Å². The third kappa shape index (κ3) is 5.35. The van der Waals surface area contributed by atoms with Crippen molar-refractivity contribution in [3.05, 3.63) is 16.1 Å². The van der Waals surface area contributed by atoms with Gasteiger partial charge in [-0.2, -0.15) is 0 Å². The fourth-order valence-electron chi connectivity index (χ4n) is 2.79. The lowest BCUT2D eigenvalue weighted by Crippen LogP contribution is -2.37. The molecule has 1 fully saturated rings. The average molecular weight is 310 g/mol. The van der Waals surface area contributed by atoms with Crippen LogP contribution >= 0.6 is 11.3 Å². The Kier molecular flexibility index (Phi) is 6.20. The summed E-state index contributed by atoms with van der Waals surface area (Å²) < 4.78 is 0. The minimum absolute atomic E-state index is 0.171. The minimum Gasteiger partial charge on any atom is -0.313 e. The number of hydrogen-bond acceptors (Lipinski definition) is 4. The lowest BCUT2D eigenvalue weighted by molar-refractivity contribution is 0.235. The summed E-state index contributed by atoms with van der Waals surface area (Å²) in [5, 5.41) is 7.13. The first-order valence-electron chi connectivity index (χ1n) is 8.39. The molecule has 1 N–H and O–H groups in total. The molecule has 0 amide bonds. The van der Waals surface area contributed by atoms with Gasteiger partial charge in [-0.3, -0.25) is 4.90 Å². The van der Waals surface area contributed by atoms with Crippen LogP contribution in [-0.4, -0.2) is 35.6 Å². The predicted octanol–water partition coefficient (Wildman–Crippen LogP) is 3.79. The second-order valence-electron chi connectivity index (χ2n) is 7.28. The highest BCUT2D eigenvalue weighted by Gasteiger charge is 2.21. The molecule has 120 valence electrons. The monoisotopic (exact) mass is 309 g/mol. The van der Waals surface area contributed by atoms with Crippen molar-refractivity contribution in [2.45, 2.75) is 71.4 Å². The largest absolute Gasteiger partial charge is 0.313 e. The van der Waals surface area contributed by atoms with Crippen molar-refractivity contribution in [3.63, 3.8) is 0 Å². The zero-order chi connectivity index (χ0) is 15.3. The van der Waals surface area contributed by atoms with Crippen LogP contribution in [0.1, 0.15) is 64.1 Å². The van der Waals surface area contributed by atoms with E-state index in [0.717, 1.165) is 6.54 Å². The fourth-order valence-corrected chi connectivity index (χ4v) is 3.69. The first-order chi connectivity index (χ1) is 9.99. The summed E-state index contributed by atoms with van der Waals surface area (Å²) in [6.07, 6.45) is 5.20. The molecule has 1 aliphatic heterocycles. The summed E-state index contributed by atoms with van der Waals surface area (Å²) in [7, 11) is 0. The zero-order valence-electron chi connectivity index (χ0n) is 14.1. The van der Waals surface area contributed by atoms with E-state index in [1.54, 1.807) is 0 Å². The number of nitrogens with zero attached hydrogens (tertiary/aromatic N) is 2. The van der Waals surface area contributed by atoms with Gasteiger partial charge < -0.3 is 5.32 Å². The second kappa shape index (κ2) is 7.70. The summed E-state index contributed by atoms with van der Waals surface area (Å²) >= 11 is 1.81. The van der Waals surface area contributed by atoms with Gasteiger partial charge in [-0.15, -0.1) is 11.3 Å². The summed E-state index contributed by atoms with van der Waals surface area (Å²) in [6, 6.07) is 0.683. The first kappa shape index (κ1) is 16.9. The normalized spacial score (nSPS) is 19.6. The van der Waals surface area contributed by atoms with E-state index in [9.17, 15) is 0 Å². The number of thiazole rings is 1. The highest BCUT2D eigenvalue weighted by molar-refractivity contribution is 7.09. The maximum Gasteiger partial charge on any atom is 0.0982 e. The van der Waals surface area contributed by atoms with Crippen LogP contribution in [0.2, 0.25) is 0 Å². The Balaban J connectivity index is 1.94. The molecular formula is C17H31N3S. The molecule has 0 bridgehead atoms. The molecule has 3 nitrogen and oxygen atoms in total. The highest BCUT2D eigenvalue weighted by Crippen LogP contribution is 2.26. The third-order valence-electron chi connectivity index (χ3n) is 4.05. The molecule has 0 radical (unpaired) electrons. The molecule has 0 spiro atoms. The lowest BCUT2D eigenvalue weighted by Gasteiger charge is -2.25. The number of hydrogen-bond donors (Lipinski definition) is 1. The molecular weight excluding hydrogens is 278 g/mol. The van der Waals surface area contributed by atoms with E-state index in [2.05, 4.69) is 43.3 Å². The summed E-state index contributed by atoms with van der Waals surface area (Å²) in [5.41, 5.74) is 1.42. The highest BCUT2D eigenvalue weighted by atomic mass is 32.1. The van der Waals surface area contributed by atoms with Crippen molar-refractivity contribution in [2.24, 2.45) is 0 Å². The molecule has 2 rings (SSSR count). The standard InChI is InChI=1S/C17H31N3S/c1-5-6-10-20(11-14-8-7-9-18-14)12-15-13-21-16(19-15)17(2,3)4/h13-14,18H,5-12H2,1-4H3. The lowest BCUT2D eigenvalue weighted by atomic mass is 9.98. The average Bonchev–Trinajstić information content (AvgIpc) is 3.06. The Labute approximate surface area is 134 Å². The van der Waals surface area contributed by atoms with Crippen LogP contribution in [0, 0.1) is 0 Å². The molecule has 2 heterocycles. The van der Waals surface area contributed by atoms with Gasteiger partial charge in [0.2, 0.25) is 0 Å². The molecule has 0 aliphatic carbocycles. The Morgan fingerprint density at radius 2 is 2.24 bits per heavy atom. The maximum atomic E-state index is 4.86. The van der Waals surface area contributed by atoms with Crippen LogP contribution in [-0.2, 0) is 12.0 Å². The molecule has 0 saturated carbocycles. The predicted molar refractivity (Wildman–Crippen MR) is 92.0 cm³/mol. The van der Waals surface area contributed by atoms with Gasteiger partial charge in [0.25, 0.3) is 0 Å². The quantitative estimate of drug-likeness (QED) is 0.830. The minimum atomic E-state index is 0.171. The SMILES string of the molecule is CCCCN(Cc1csc(C(C)(C)C)n1)CC1CCCN1. The van der Waals surface area contributed by atoms with Gasteiger partial charge in [-0.05, 0) is 32.4 Å². The van der Waals surface area contributed by atoms with E-state index >= 15 is 0 Å². The molecule has 1 aromatic rings. The van der Waals surface area contributed by atoms with Crippen LogP contribution in [0.3, 0.4) is 0 Å². The van der Waals surface area contributed by atoms with Gasteiger partial charge in [0, 0.05) is 29.9 Å². The smallest absolute Gasteiger partial charge is 0.0982 e. The van der Waals surface area contributed by atoms with Crippen molar-refractivity contribution in [1.82, 2.24) is 15.2 Å². The van der Waals surface area contributed by atoms with Crippen LogP contribution in [0.5, 0.6) is 0 Å². The Morgan fingerprint density at radius 3 is 2.81 bits per heavy atom. The summed E-state index contributed by atoms with van der Waals surface area (Å²) in [5.74, 6) is 0. The van der Waals surface area contributed by atoms with Gasteiger partial charge in [0.05, 0.1) is 10.7 Å². The Bertz CT molecular complexity index is 416. The molecule has 1 aromatic heterocycles. The molecule has 1 unspecified atom stereocenters. The molecule has 21 heavy (non-hydrogen) atoms.